The van der Waals surface area contributed by atoms with E-state index in [9.17, 15) is 9.59 Å². The van der Waals surface area contributed by atoms with Gasteiger partial charge >= 0.3 is 6.09 Å². The molecule has 0 aliphatic heterocycles. The number of pyridine rings is 4. The number of carbonyl (C=O) groups excluding carboxylic acids is 2. The number of imidazole rings is 1. The summed E-state index contributed by atoms with van der Waals surface area (Å²) in [4.78, 5) is 46.2. The van der Waals surface area contributed by atoms with Gasteiger partial charge in [0.1, 0.15) is 28.8 Å². The molecule has 1 unspecified atom stereocenters. The molecule has 0 aliphatic carbocycles. The van der Waals surface area contributed by atoms with Gasteiger partial charge in [-0.1, -0.05) is 12.0 Å². The van der Waals surface area contributed by atoms with E-state index in [-0.39, 0.29) is 5.82 Å². The molecule has 0 radical (unpaired) electrons. The van der Waals surface area contributed by atoms with E-state index < -0.39 is 23.6 Å². The number of likely N-dealkylation sites (N-methyl/N-ethyl adjacent to an activating group) is 1. The van der Waals surface area contributed by atoms with Crippen LogP contribution in [0, 0.1) is 32.6 Å². The Morgan fingerprint density at radius 1 is 0.900 bits per heavy atom. The highest BCUT2D eigenvalue weighted by molar-refractivity contribution is 5.96. The van der Waals surface area contributed by atoms with Gasteiger partial charge in [-0.2, -0.15) is 0 Å². The molecule has 0 fully saturated rings. The van der Waals surface area contributed by atoms with Gasteiger partial charge in [-0.3, -0.25) is 24.1 Å². The smallest absolute Gasteiger partial charge is 0.410 e. The number of nitrogens with zero attached hydrogens (tertiary/aromatic N) is 6. The Morgan fingerprint density at radius 2 is 1.68 bits per heavy atom. The first-order valence-corrected chi connectivity index (χ1v) is 16.4. The minimum atomic E-state index is -0.835. The maximum Gasteiger partial charge on any atom is 0.410 e. The van der Waals surface area contributed by atoms with Crippen LogP contribution >= 0.6 is 0 Å². The van der Waals surface area contributed by atoms with Crippen LogP contribution in [0.15, 0.2) is 79.3 Å². The monoisotopic (exact) mass is 665 g/mol. The lowest BCUT2D eigenvalue weighted by Gasteiger charge is -2.28. The molecule has 2 amide bonds. The van der Waals surface area contributed by atoms with E-state index in [0.29, 0.717) is 5.69 Å². The number of ether oxygens (including phenoxy) is 1. The topological polar surface area (TPSA) is 115 Å². The molecule has 0 saturated heterocycles. The van der Waals surface area contributed by atoms with Crippen LogP contribution in [0.25, 0.3) is 38.9 Å². The third-order valence-corrected chi connectivity index (χ3v) is 8.38. The van der Waals surface area contributed by atoms with Crippen LogP contribution in [0.5, 0.6) is 0 Å². The lowest BCUT2D eigenvalue weighted by molar-refractivity contribution is -0.120. The van der Waals surface area contributed by atoms with Gasteiger partial charge in [0.25, 0.3) is 0 Å². The minimum Gasteiger partial charge on any atom is -0.444 e. The van der Waals surface area contributed by atoms with Crippen molar-refractivity contribution >= 4 is 34.2 Å². The average Bonchev–Trinajstić information content (AvgIpc) is 3.44. The van der Waals surface area contributed by atoms with Crippen molar-refractivity contribution < 1.29 is 14.3 Å². The van der Waals surface area contributed by atoms with E-state index in [1.807, 2.05) is 86.0 Å². The summed E-state index contributed by atoms with van der Waals surface area (Å²) in [6.07, 6.45) is 4.94. The molecule has 10 heteroatoms. The number of nitrogens with one attached hydrogen (secondary N) is 1. The first kappa shape index (κ1) is 33.8. The van der Waals surface area contributed by atoms with Gasteiger partial charge < -0.3 is 10.1 Å². The fourth-order valence-corrected chi connectivity index (χ4v) is 5.58. The zero-order valence-corrected chi connectivity index (χ0v) is 29.5. The fraction of sp³-hybridized carbons (Fsp3) is 0.250. The molecule has 5 heterocycles. The molecule has 6 aromatic rings. The molecule has 0 saturated carbocycles. The summed E-state index contributed by atoms with van der Waals surface area (Å²) >= 11 is 0. The summed E-state index contributed by atoms with van der Waals surface area (Å²) in [7, 11) is 1.53. The molecule has 0 aliphatic rings. The third-order valence-electron chi connectivity index (χ3n) is 8.38. The van der Waals surface area contributed by atoms with Crippen LogP contribution in [-0.4, -0.2) is 59.9 Å². The molecule has 10 nitrogen and oxygen atoms in total. The molecule has 1 N–H and O–H groups in total. The number of carbonyl (C=O) groups is 2. The second-order valence-electron chi connectivity index (χ2n) is 13.3. The normalized spacial score (nSPS) is 11.9. The Hall–Kier alpha value is -6.08. The number of aromatic nitrogens is 5. The highest BCUT2D eigenvalue weighted by atomic mass is 16.6. The lowest BCUT2D eigenvalue weighted by atomic mass is 10.0. The van der Waals surface area contributed by atoms with E-state index in [2.05, 4.69) is 27.1 Å². The number of anilines is 1. The first-order valence-electron chi connectivity index (χ1n) is 16.4. The van der Waals surface area contributed by atoms with Gasteiger partial charge in [-0.15, -0.1) is 0 Å². The van der Waals surface area contributed by atoms with Gasteiger partial charge in [0.05, 0.1) is 11.4 Å². The molecule has 50 heavy (non-hydrogen) atoms. The SMILES string of the molecule is Cc1ccn2c(-c3ccc(NC(=O)C(C)N(C)C(=O)OC(C)(C)C)nc3C#Cc3ccc4c(C)nccc4c3)c(-c3cccnc3C)nc2c1. The van der Waals surface area contributed by atoms with E-state index in [0.717, 1.165) is 61.4 Å². The van der Waals surface area contributed by atoms with Crippen molar-refractivity contribution in [1.82, 2.24) is 29.2 Å². The second kappa shape index (κ2) is 13.4. The molecular weight excluding hydrogens is 626 g/mol. The van der Waals surface area contributed by atoms with E-state index in [1.165, 1.54) is 11.9 Å². The highest BCUT2D eigenvalue weighted by Crippen LogP contribution is 2.36. The molecule has 5 aromatic heterocycles. The van der Waals surface area contributed by atoms with Crippen LogP contribution in [0.3, 0.4) is 0 Å². The maximum atomic E-state index is 13.4. The van der Waals surface area contributed by atoms with Crippen molar-refractivity contribution in [3.63, 3.8) is 0 Å². The molecular formula is C40H39N7O3. The predicted octanol–water partition coefficient (Wildman–Crippen LogP) is 7.53. The summed E-state index contributed by atoms with van der Waals surface area (Å²) in [5, 5.41) is 4.97. The van der Waals surface area contributed by atoms with Gasteiger partial charge in [-0.05, 0) is 120 Å². The zero-order chi connectivity index (χ0) is 35.7. The summed E-state index contributed by atoms with van der Waals surface area (Å²) in [6.45, 7) is 12.9. The average molecular weight is 666 g/mol. The van der Waals surface area contributed by atoms with Crippen molar-refractivity contribution in [2.45, 2.75) is 60.1 Å². The third kappa shape index (κ3) is 7.03. The molecule has 6 rings (SSSR count). The Balaban J connectivity index is 1.47. The Bertz CT molecular complexity index is 2340. The molecule has 1 atom stereocenters. The largest absolute Gasteiger partial charge is 0.444 e. The molecule has 1 aromatic carbocycles. The fourth-order valence-electron chi connectivity index (χ4n) is 5.58. The molecule has 0 spiro atoms. The number of benzene rings is 1. The van der Waals surface area contributed by atoms with Crippen LogP contribution in [0.2, 0.25) is 0 Å². The number of rotatable bonds is 5. The number of aryl methyl sites for hydroxylation is 3. The molecule has 0 bridgehead atoms. The Morgan fingerprint density at radius 3 is 2.44 bits per heavy atom. The van der Waals surface area contributed by atoms with E-state index in [1.54, 1.807) is 46.2 Å². The second-order valence-corrected chi connectivity index (χ2v) is 13.3. The number of hydrogen-bond donors (Lipinski definition) is 1. The van der Waals surface area contributed by atoms with Crippen molar-refractivity contribution in [2.24, 2.45) is 0 Å². The standard InChI is InChI=1S/C40H39N7O3/c1-24-18-21-47-35(22-24)45-36(31-10-9-19-41-26(31)3)37(47)32-14-16-34(44-38(48)27(4)46(8)39(49)50-40(5,6)7)43-33(32)15-12-28-11-13-30-25(2)42-20-17-29(30)23-28/h9-11,13-14,16-23,27H,1-8H3,(H,43,44,48). The van der Waals surface area contributed by atoms with Crippen molar-refractivity contribution in [3.05, 3.63) is 107 Å². The minimum absolute atomic E-state index is 0.288. The lowest BCUT2D eigenvalue weighted by Crippen LogP contribution is -2.45. The summed E-state index contributed by atoms with van der Waals surface area (Å²) in [5.74, 6) is 6.48. The van der Waals surface area contributed by atoms with E-state index in [4.69, 9.17) is 14.7 Å². The Labute approximate surface area is 291 Å². The Kier molecular flexibility index (Phi) is 9.09. The number of hydrogen-bond acceptors (Lipinski definition) is 7. The first-order chi connectivity index (χ1) is 23.8. The van der Waals surface area contributed by atoms with Gasteiger partial charge in [0.2, 0.25) is 5.91 Å². The van der Waals surface area contributed by atoms with Crippen molar-refractivity contribution in [1.29, 1.82) is 0 Å². The van der Waals surface area contributed by atoms with Crippen LogP contribution < -0.4 is 5.32 Å². The maximum absolute atomic E-state index is 13.4. The van der Waals surface area contributed by atoms with Crippen LogP contribution in [0.4, 0.5) is 10.6 Å². The quantitative estimate of drug-likeness (QED) is 0.189. The van der Waals surface area contributed by atoms with Crippen molar-refractivity contribution in [3.8, 4) is 34.4 Å². The van der Waals surface area contributed by atoms with Gasteiger partial charge in [-0.25, -0.2) is 14.8 Å². The molecule has 252 valence electrons. The highest BCUT2D eigenvalue weighted by Gasteiger charge is 2.28. The summed E-state index contributed by atoms with van der Waals surface area (Å²) in [6, 6.07) is 18.7. The van der Waals surface area contributed by atoms with Crippen LogP contribution in [-0.2, 0) is 9.53 Å². The zero-order valence-electron chi connectivity index (χ0n) is 29.5. The summed E-state index contributed by atoms with van der Waals surface area (Å²) in [5.41, 5.74) is 7.32. The number of fused-ring (bicyclic) bond motifs is 2. The summed E-state index contributed by atoms with van der Waals surface area (Å²) < 4.78 is 7.49. The number of amides is 2. The van der Waals surface area contributed by atoms with Crippen LogP contribution in [0.1, 0.15) is 55.9 Å². The predicted molar refractivity (Wildman–Crippen MR) is 196 cm³/mol. The van der Waals surface area contributed by atoms with Gasteiger partial charge in [0, 0.05) is 59.1 Å². The van der Waals surface area contributed by atoms with Gasteiger partial charge in [0.15, 0.2) is 0 Å². The van der Waals surface area contributed by atoms with E-state index >= 15 is 0 Å². The van der Waals surface area contributed by atoms with Crippen molar-refractivity contribution in [2.75, 3.05) is 12.4 Å².